The van der Waals surface area contributed by atoms with Gasteiger partial charge in [-0.3, -0.25) is 0 Å². The topological polar surface area (TPSA) is 39.6 Å². The van der Waals surface area contributed by atoms with Gasteiger partial charge in [0, 0.05) is 25.3 Å². The highest BCUT2D eigenvalue weighted by Gasteiger charge is 2.40. The van der Waals surface area contributed by atoms with Gasteiger partial charge in [-0.05, 0) is 58.0 Å². The van der Waals surface area contributed by atoms with Crippen molar-refractivity contribution in [3.05, 3.63) is 23.9 Å². The van der Waals surface area contributed by atoms with Gasteiger partial charge in [0.15, 0.2) is 0 Å². The van der Waals surface area contributed by atoms with E-state index in [1.54, 1.807) is 13.1 Å². The molecule has 0 aliphatic heterocycles. The third kappa shape index (κ3) is 2.90. The molecule has 1 aliphatic rings. The zero-order valence-corrected chi connectivity index (χ0v) is 12.4. The summed E-state index contributed by atoms with van der Waals surface area (Å²) in [5.74, 6) is 0.937. The van der Waals surface area contributed by atoms with Gasteiger partial charge in [0.1, 0.15) is 5.82 Å². The summed E-state index contributed by atoms with van der Waals surface area (Å²) in [6.07, 6.45) is 5.15. The summed E-state index contributed by atoms with van der Waals surface area (Å²) in [6.45, 7) is 2.77. The molecule has 1 aromatic rings. The smallest absolute Gasteiger partial charge is 0.128 e. The van der Waals surface area contributed by atoms with E-state index in [0.717, 1.165) is 17.9 Å². The van der Waals surface area contributed by atoms with Gasteiger partial charge < -0.3 is 14.9 Å². The Hall–Kier alpha value is -1.13. The number of hydrogen-bond acceptors (Lipinski definition) is 4. The molecule has 2 rings (SSSR count). The first kappa shape index (κ1) is 14.3. The summed E-state index contributed by atoms with van der Waals surface area (Å²) in [7, 11) is 6.40. The minimum atomic E-state index is -0.443. The number of pyridine rings is 1. The van der Waals surface area contributed by atoms with E-state index in [1.807, 2.05) is 12.1 Å². The lowest BCUT2D eigenvalue weighted by molar-refractivity contribution is 0.0681. The molecule has 1 saturated carbocycles. The van der Waals surface area contributed by atoms with Crippen molar-refractivity contribution in [2.45, 2.75) is 37.8 Å². The predicted octanol–water partition coefficient (Wildman–Crippen LogP) is 2.06. The molecule has 0 amide bonds. The Bertz CT molecular complexity index is 427. The fraction of sp³-hybridized carbons (Fsp3) is 0.667. The molecule has 1 aliphatic carbocycles. The van der Waals surface area contributed by atoms with Gasteiger partial charge in [0.05, 0.1) is 6.10 Å². The monoisotopic (exact) mass is 263 g/mol. The van der Waals surface area contributed by atoms with Crippen LogP contribution >= 0.6 is 0 Å². The highest BCUT2D eigenvalue weighted by atomic mass is 16.3. The number of rotatable bonds is 5. The van der Waals surface area contributed by atoms with Crippen LogP contribution in [0.15, 0.2) is 18.3 Å². The van der Waals surface area contributed by atoms with Crippen LogP contribution in [0.1, 0.15) is 37.9 Å². The number of likely N-dealkylation sites (N-methyl/N-ethyl adjacent to an activating group) is 2. The van der Waals surface area contributed by atoms with Gasteiger partial charge in [-0.15, -0.1) is 0 Å². The molecule has 4 heteroatoms. The molecule has 0 bridgehead atoms. The second kappa shape index (κ2) is 5.47. The first-order chi connectivity index (χ1) is 8.94. The van der Waals surface area contributed by atoms with Crippen molar-refractivity contribution in [1.82, 2.24) is 9.88 Å². The van der Waals surface area contributed by atoms with Crippen LogP contribution in [-0.2, 0) is 0 Å². The maximum Gasteiger partial charge on any atom is 0.128 e. The summed E-state index contributed by atoms with van der Waals surface area (Å²) in [6, 6.07) is 3.85. The van der Waals surface area contributed by atoms with Gasteiger partial charge in [0.2, 0.25) is 0 Å². The van der Waals surface area contributed by atoms with Gasteiger partial charge in [-0.25, -0.2) is 4.98 Å². The molecule has 1 fully saturated rings. The van der Waals surface area contributed by atoms with Crippen LogP contribution < -0.4 is 4.90 Å². The molecule has 4 nitrogen and oxygen atoms in total. The van der Waals surface area contributed by atoms with E-state index < -0.39 is 6.10 Å². The lowest BCUT2D eigenvalue weighted by Crippen LogP contribution is -2.56. The number of aliphatic hydroxyl groups is 1. The fourth-order valence-electron chi connectivity index (χ4n) is 2.76. The highest BCUT2D eigenvalue weighted by molar-refractivity contribution is 5.41. The van der Waals surface area contributed by atoms with Gasteiger partial charge >= 0.3 is 0 Å². The average molecular weight is 263 g/mol. The maximum absolute atomic E-state index is 9.65. The van der Waals surface area contributed by atoms with Crippen LogP contribution in [0, 0.1) is 0 Å². The number of aromatic nitrogens is 1. The molecule has 1 atom stereocenters. The van der Waals surface area contributed by atoms with Gasteiger partial charge in [-0.1, -0.05) is 0 Å². The summed E-state index contributed by atoms with van der Waals surface area (Å²) in [4.78, 5) is 8.96. The molecule has 0 radical (unpaired) electrons. The minimum absolute atomic E-state index is 0.289. The average Bonchev–Trinajstić information content (AvgIpc) is 2.33. The molecule has 106 valence electrons. The second-order valence-corrected chi connectivity index (χ2v) is 5.95. The van der Waals surface area contributed by atoms with E-state index in [1.165, 1.54) is 19.3 Å². The standard InChI is InChI=1S/C15H25N3O/c1-12(19)13-6-9-16-14(10-13)18(4)11-15(17(2)3)7-5-8-15/h6,9-10,12,19H,5,7-8,11H2,1-4H3. The summed E-state index contributed by atoms with van der Waals surface area (Å²) in [5, 5.41) is 9.65. The van der Waals surface area contributed by atoms with E-state index in [2.05, 4.69) is 35.9 Å². The predicted molar refractivity (Wildman–Crippen MR) is 78.4 cm³/mol. The molecule has 1 N–H and O–H groups in total. The van der Waals surface area contributed by atoms with Crippen LogP contribution in [-0.4, -0.2) is 48.2 Å². The zero-order valence-electron chi connectivity index (χ0n) is 12.4. The van der Waals surface area contributed by atoms with Crippen molar-refractivity contribution < 1.29 is 5.11 Å². The van der Waals surface area contributed by atoms with Gasteiger partial charge in [0.25, 0.3) is 0 Å². The molecular weight excluding hydrogens is 238 g/mol. The SMILES string of the molecule is CC(O)c1ccnc(N(C)CC2(N(C)C)CCC2)c1. The first-order valence-corrected chi connectivity index (χ1v) is 6.97. The van der Waals surface area contributed by atoms with Crippen LogP contribution in [0.2, 0.25) is 0 Å². The lowest BCUT2D eigenvalue weighted by Gasteiger charge is -2.49. The Kier molecular flexibility index (Phi) is 4.11. The van der Waals surface area contributed by atoms with E-state index in [4.69, 9.17) is 0 Å². The Morgan fingerprint density at radius 3 is 2.53 bits per heavy atom. The molecule has 19 heavy (non-hydrogen) atoms. The van der Waals surface area contributed by atoms with Crippen molar-refractivity contribution >= 4 is 5.82 Å². The molecular formula is C15H25N3O. The fourth-order valence-corrected chi connectivity index (χ4v) is 2.76. The Balaban J connectivity index is 2.11. The Morgan fingerprint density at radius 2 is 2.05 bits per heavy atom. The molecule has 1 unspecified atom stereocenters. The molecule has 0 spiro atoms. The van der Waals surface area contributed by atoms with Crippen molar-refractivity contribution in [3.63, 3.8) is 0 Å². The third-order valence-electron chi connectivity index (χ3n) is 4.41. The minimum Gasteiger partial charge on any atom is -0.389 e. The Morgan fingerprint density at radius 1 is 1.37 bits per heavy atom. The molecule has 1 heterocycles. The third-order valence-corrected chi connectivity index (χ3v) is 4.41. The zero-order chi connectivity index (χ0) is 14.0. The van der Waals surface area contributed by atoms with Crippen molar-refractivity contribution in [3.8, 4) is 0 Å². The van der Waals surface area contributed by atoms with E-state index >= 15 is 0 Å². The van der Waals surface area contributed by atoms with E-state index in [0.29, 0.717) is 0 Å². The number of hydrogen-bond donors (Lipinski definition) is 1. The van der Waals surface area contributed by atoms with E-state index in [-0.39, 0.29) is 5.54 Å². The van der Waals surface area contributed by atoms with Gasteiger partial charge in [-0.2, -0.15) is 0 Å². The van der Waals surface area contributed by atoms with Crippen LogP contribution in [0.3, 0.4) is 0 Å². The van der Waals surface area contributed by atoms with Crippen molar-refractivity contribution in [2.75, 3.05) is 32.6 Å². The number of anilines is 1. The molecule has 1 aromatic heterocycles. The summed E-state index contributed by atoms with van der Waals surface area (Å²) < 4.78 is 0. The lowest BCUT2D eigenvalue weighted by atomic mass is 9.75. The molecule has 0 saturated heterocycles. The van der Waals surface area contributed by atoms with Crippen molar-refractivity contribution in [1.29, 1.82) is 0 Å². The largest absolute Gasteiger partial charge is 0.389 e. The van der Waals surface area contributed by atoms with E-state index in [9.17, 15) is 5.11 Å². The normalized spacial score (nSPS) is 19.1. The van der Waals surface area contributed by atoms with Crippen LogP contribution in [0.5, 0.6) is 0 Å². The highest BCUT2D eigenvalue weighted by Crippen LogP contribution is 2.37. The molecule has 0 aromatic carbocycles. The first-order valence-electron chi connectivity index (χ1n) is 6.97. The summed E-state index contributed by atoms with van der Waals surface area (Å²) >= 11 is 0. The van der Waals surface area contributed by atoms with Crippen molar-refractivity contribution in [2.24, 2.45) is 0 Å². The summed E-state index contributed by atoms with van der Waals surface area (Å²) in [5.41, 5.74) is 1.21. The number of aliphatic hydroxyl groups excluding tert-OH is 1. The Labute approximate surface area is 116 Å². The maximum atomic E-state index is 9.65. The quantitative estimate of drug-likeness (QED) is 0.882. The van der Waals surface area contributed by atoms with Crippen LogP contribution in [0.25, 0.3) is 0 Å². The van der Waals surface area contributed by atoms with Crippen LogP contribution in [0.4, 0.5) is 5.82 Å². The number of nitrogens with zero attached hydrogens (tertiary/aromatic N) is 3. The second-order valence-electron chi connectivity index (χ2n) is 5.95.